The van der Waals surface area contributed by atoms with E-state index < -0.39 is 0 Å². The van der Waals surface area contributed by atoms with Crippen LogP contribution in [0.15, 0.2) is 19.0 Å². The minimum Gasteiger partial charge on any atom is -0.356 e. The molecule has 3 aromatic heterocycles. The minimum absolute atomic E-state index is 0.464. The van der Waals surface area contributed by atoms with Crippen molar-refractivity contribution < 1.29 is 0 Å². The third-order valence-corrected chi connectivity index (χ3v) is 5.53. The molecule has 0 aromatic carbocycles. The number of anilines is 1. The zero-order valence-corrected chi connectivity index (χ0v) is 17.1. The lowest BCUT2D eigenvalue weighted by Crippen LogP contribution is -2.35. The zero-order chi connectivity index (χ0) is 19.5. The lowest BCUT2D eigenvalue weighted by Gasteiger charge is -2.33. The van der Waals surface area contributed by atoms with Crippen LogP contribution in [0.25, 0.3) is 11.0 Å². The number of rotatable bonds is 7. The molecule has 0 atom stereocenters. The van der Waals surface area contributed by atoms with Gasteiger partial charge in [0.05, 0.1) is 11.1 Å². The molecule has 1 aliphatic heterocycles. The second-order valence-corrected chi connectivity index (χ2v) is 8.14. The van der Waals surface area contributed by atoms with E-state index in [1.807, 2.05) is 12.7 Å². The van der Waals surface area contributed by atoms with Gasteiger partial charge in [-0.2, -0.15) is 5.10 Å². The highest BCUT2D eigenvalue weighted by Crippen LogP contribution is 2.32. The van der Waals surface area contributed by atoms with Crippen LogP contribution in [-0.2, 0) is 13.0 Å². The zero-order valence-electron chi connectivity index (χ0n) is 17.1. The highest BCUT2D eigenvalue weighted by Gasteiger charge is 2.25. The van der Waals surface area contributed by atoms with E-state index in [-0.39, 0.29) is 0 Å². The van der Waals surface area contributed by atoms with E-state index in [2.05, 4.69) is 50.1 Å². The molecule has 4 rings (SSSR count). The molecule has 8 nitrogen and oxygen atoms in total. The first-order valence-electron chi connectivity index (χ1n) is 10.5. The third-order valence-electron chi connectivity index (χ3n) is 5.53. The van der Waals surface area contributed by atoms with Crippen molar-refractivity contribution in [3.05, 3.63) is 24.7 Å². The van der Waals surface area contributed by atoms with Gasteiger partial charge in [0, 0.05) is 25.7 Å². The largest absolute Gasteiger partial charge is 0.356 e. The molecule has 0 spiro atoms. The molecule has 0 aliphatic carbocycles. The maximum atomic E-state index is 4.94. The van der Waals surface area contributed by atoms with E-state index in [1.165, 1.54) is 0 Å². The molecule has 0 unspecified atom stereocenters. The van der Waals surface area contributed by atoms with Crippen LogP contribution in [0, 0.1) is 5.92 Å². The summed E-state index contributed by atoms with van der Waals surface area (Å²) in [6.07, 6.45) is 10.7. The van der Waals surface area contributed by atoms with Crippen molar-refractivity contribution in [1.29, 1.82) is 0 Å². The lowest BCUT2D eigenvalue weighted by molar-refractivity contribution is 0.394. The van der Waals surface area contributed by atoms with Crippen LogP contribution in [0.2, 0.25) is 0 Å². The fourth-order valence-electron chi connectivity index (χ4n) is 4.07. The summed E-state index contributed by atoms with van der Waals surface area (Å²) in [6, 6.07) is 0.464. The van der Waals surface area contributed by atoms with Crippen molar-refractivity contribution in [2.75, 3.05) is 18.0 Å². The first-order valence-corrected chi connectivity index (χ1v) is 10.5. The van der Waals surface area contributed by atoms with E-state index in [9.17, 15) is 0 Å². The number of fused-ring (bicyclic) bond motifs is 1. The molecule has 1 saturated heterocycles. The van der Waals surface area contributed by atoms with E-state index in [0.717, 1.165) is 74.3 Å². The van der Waals surface area contributed by atoms with Gasteiger partial charge in [-0.15, -0.1) is 10.2 Å². The molecule has 0 saturated carbocycles. The van der Waals surface area contributed by atoms with E-state index in [0.29, 0.717) is 12.0 Å². The topological polar surface area (TPSA) is 77.5 Å². The summed E-state index contributed by atoms with van der Waals surface area (Å²) in [6.45, 7) is 9.54. The summed E-state index contributed by atoms with van der Waals surface area (Å²) in [5, 5.41) is 14.0. The standard InChI is InChI=1S/C20H30N8/c1-4-5-8-28-20-18(17(25-28)11-15(2)3)19(21-12-22-20)26-9-6-16(7-10-26)27-13-23-24-14-27/h12-16H,4-11H2,1-3H3. The molecule has 8 heteroatoms. The molecular weight excluding hydrogens is 352 g/mol. The molecule has 150 valence electrons. The van der Waals surface area contributed by atoms with Gasteiger partial charge >= 0.3 is 0 Å². The number of aryl methyl sites for hydroxylation is 1. The number of hydrogen-bond acceptors (Lipinski definition) is 6. The van der Waals surface area contributed by atoms with Crippen LogP contribution in [0.3, 0.4) is 0 Å². The highest BCUT2D eigenvalue weighted by atomic mass is 15.3. The Morgan fingerprint density at radius 1 is 1.11 bits per heavy atom. The quantitative estimate of drug-likeness (QED) is 0.624. The van der Waals surface area contributed by atoms with Crippen LogP contribution >= 0.6 is 0 Å². The normalized spacial score (nSPS) is 15.8. The number of hydrogen-bond donors (Lipinski definition) is 0. The molecular formula is C20H30N8. The summed E-state index contributed by atoms with van der Waals surface area (Å²) in [5.74, 6) is 1.59. The Hall–Kier alpha value is -2.51. The molecule has 0 N–H and O–H groups in total. The molecule has 0 amide bonds. The maximum Gasteiger partial charge on any atom is 0.163 e. The van der Waals surface area contributed by atoms with E-state index in [4.69, 9.17) is 10.1 Å². The summed E-state index contributed by atoms with van der Waals surface area (Å²) >= 11 is 0. The fourth-order valence-corrected chi connectivity index (χ4v) is 4.07. The van der Waals surface area contributed by atoms with Crippen LogP contribution in [0.5, 0.6) is 0 Å². The Morgan fingerprint density at radius 2 is 1.86 bits per heavy atom. The van der Waals surface area contributed by atoms with Crippen molar-refractivity contribution in [3.63, 3.8) is 0 Å². The van der Waals surface area contributed by atoms with Gasteiger partial charge in [-0.25, -0.2) is 14.6 Å². The molecule has 0 radical (unpaired) electrons. The van der Waals surface area contributed by atoms with Gasteiger partial charge in [-0.1, -0.05) is 27.2 Å². The first kappa shape index (κ1) is 18.8. The van der Waals surface area contributed by atoms with Crippen molar-refractivity contribution in [3.8, 4) is 0 Å². The monoisotopic (exact) mass is 382 g/mol. The SMILES string of the molecule is CCCCn1nc(CC(C)C)c2c(N3CCC(n4cnnc4)CC3)ncnc21. The van der Waals surface area contributed by atoms with Crippen molar-refractivity contribution >= 4 is 16.9 Å². The lowest BCUT2D eigenvalue weighted by atomic mass is 10.0. The first-order chi connectivity index (χ1) is 13.7. The van der Waals surface area contributed by atoms with Gasteiger partial charge in [0.25, 0.3) is 0 Å². The van der Waals surface area contributed by atoms with Gasteiger partial charge in [0.15, 0.2) is 5.65 Å². The predicted molar refractivity (Wildman–Crippen MR) is 109 cm³/mol. The van der Waals surface area contributed by atoms with Crippen LogP contribution in [-0.4, -0.2) is 47.6 Å². The van der Waals surface area contributed by atoms with Gasteiger partial charge in [0.1, 0.15) is 24.8 Å². The minimum atomic E-state index is 0.464. The fraction of sp³-hybridized carbons (Fsp3) is 0.650. The summed E-state index contributed by atoms with van der Waals surface area (Å²) in [7, 11) is 0. The second kappa shape index (κ2) is 8.24. The summed E-state index contributed by atoms with van der Waals surface area (Å²) in [4.78, 5) is 11.7. The Labute approximate surface area is 166 Å². The molecule has 0 bridgehead atoms. The number of unbranched alkanes of at least 4 members (excludes halogenated alkanes) is 1. The van der Waals surface area contributed by atoms with Gasteiger partial charge < -0.3 is 9.47 Å². The van der Waals surface area contributed by atoms with Crippen molar-refractivity contribution in [1.82, 2.24) is 34.5 Å². The Kier molecular flexibility index (Phi) is 5.54. The van der Waals surface area contributed by atoms with E-state index >= 15 is 0 Å². The predicted octanol–water partition coefficient (Wildman–Crippen LogP) is 3.26. The number of piperidine rings is 1. The molecule has 1 fully saturated rings. The number of nitrogens with zero attached hydrogens (tertiary/aromatic N) is 8. The van der Waals surface area contributed by atoms with Gasteiger partial charge in [0.2, 0.25) is 0 Å². The van der Waals surface area contributed by atoms with Crippen molar-refractivity contribution in [2.24, 2.45) is 5.92 Å². The summed E-state index contributed by atoms with van der Waals surface area (Å²) in [5.41, 5.74) is 2.12. The Morgan fingerprint density at radius 3 is 2.54 bits per heavy atom. The highest BCUT2D eigenvalue weighted by molar-refractivity contribution is 5.90. The molecule has 1 aliphatic rings. The third kappa shape index (κ3) is 3.72. The van der Waals surface area contributed by atoms with Crippen molar-refractivity contribution in [2.45, 2.75) is 65.5 Å². The summed E-state index contributed by atoms with van der Waals surface area (Å²) < 4.78 is 4.21. The maximum absolute atomic E-state index is 4.94. The van der Waals surface area contributed by atoms with Crippen LogP contribution < -0.4 is 4.90 Å². The second-order valence-electron chi connectivity index (χ2n) is 8.14. The Balaban J connectivity index is 1.64. The molecule has 4 heterocycles. The van der Waals surface area contributed by atoms with Crippen LogP contribution in [0.4, 0.5) is 5.82 Å². The average molecular weight is 383 g/mol. The van der Waals surface area contributed by atoms with Gasteiger partial charge in [-0.3, -0.25) is 0 Å². The number of aromatic nitrogens is 7. The molecule has 3 aromatic rings. The molecule has 28 heavy (non-hydrogen) atoms. The Bertz CT molecular complexity index is 890. The smallest absolute Gasteiger partial charge is 0.163 e. The van der Waals surface area contributed by atoms with Gasteiger partial charge in [-0.05, 0) is 31.6 Å². The van der Waals surface area contributed by atoms with Crippen LogP contribution in [0.1, 0.15) is 58.2 Å². The van der Waals surface area contributed by atoms with E-state index in [1.54, 1.807) is 6.33 Å². The average Bonchev–Trinajstić information content (AvgIpc) is 3.35.